The van der Waals surface area contributed by atoms with Gasteiger partial charge in [-0.15, -0.1) is 16.4 Å². The molecule has 3 aromatic rings. The monoisotopic (exact) mass is 336 g/mol. The highest BCUT2D eigenvalue weighted by Gasteiger charge is 2.35. The number of hydrogen-bond donors (Lipinski definition) is 0. The van der Waals surface area contributed by atoms with Crippen LogP contribution in [0.1, 0.15) is 18.9 Å². The van der Waals surface area contributed by atoms with Crippen LogP contribution in [0.15, 0.2) is 48.0 Å². The molecule has 3 aliphatic rings. The Morgan fingerprint density at radius 3 is 2.46 bits per heavy atom. The Balaban J connectivity index is 1.39. The van der Waals surface area contributed by atoms with E-state index in [0.29, 0.717) is 6.04 Å². The van der Waals surface area contributed by atoms with Gasteiger partial charge in [-0.3, -0.25) is 0 Å². The summed E-state index contributed by atoms with van der Waals surface area (Å²) < 4.78 is 2.11. The van der Waals surface area contributed by atoms with E-state index >= 15 is 0 Å². The highest BCUT2D eigenvalue weighted by atomic mass is 32.1. The molecule has 24 heavy (non-hydrogen) atoms. The Hall–Kier alpha value is -1.98. The summed E-state index contributed by atoms with van der Waals surface area (Å²) in [6, 6.07) is 13.4. The molecule has 0 spiro atoms. The molecule has 6 rings (SSSR count). The normalized spacial score (nSPS) is 25.9. The fourth-order valence-corrected chi connectivity index (χ4v) is 4.79. The molecular formula is C19H20N4S. The van der Waals surface area contributed by atoms with Gasteiger partial charge in [-0.2, -0.15) is 0 Å². The van der Waals surface area contributed by atoms with Crippen molar-refractivity contribution in [1.82, 2.24) is 19.9 Å². The third kappa shape index (κ3) is 2.48. The van der Waals surface area contributed by atoms with Crippen LogP contribution in [0.3, 0.4) is 0 Å². The van der Waals surface area contributed by atoms with Crippen LogP contribution in [-0.2, 0) is 0 Å². The summed E-state index contributed by atoms with van der Waals surface area (Å²) in [5, 5.41) is 11.0. The molecule has 0 amide bonds. The molecule has 0 unspecified atom stereocenters. The number of rotatable bonds is 3. The predicted octanol–water partition coefficient (Wildman–Crippen LogP) is 3.94. The lowest BCUT2D eigenvalue weighted by Crippen LogP contribution is -2.48. The van der Waals surface area contributed by atoms with Gasteiger partial charge in [-0.05, 0) is 48.9 Å². The quantitative estimate of drug-likeness (QED) is 0.726. The van der Waals surface area contributed by atoms with E-state index in [1.807, 2.05) is 0 Å². The Labute approximate surface area is 145 Å². The van der Waals surface area contributed by atoms with Gasteiger partial charge in [0.15, 0.2) is 0 Å². The van der Waals surface area contributed by atoms with E-state index in [1.54, 1.807) is 11.3 Å². The topological polar surface area (TPSA) is 34.0 Å². The van der Waals surface area contributed by atoms with Gasteiger partial charge < -0.3 is 4.90 Å². The number of piperidine rings is 3. The van der Waals surface area contributed by atoms with Crippen molar-refractivity contribution in [3.05, 3.63) is 48.0 Å². The first-order chi connectivity index (χ1) is 11.9. The zero-order chi connectivity index (χ0) is 15.9. The molecular weight excluding hydrogens is 316 g/mol. The second-order valence-corrected chi connectivity index (χ2v) is 7.79. The standard InChI is InChI=1S/C19H20N4S/c1-2-19(24-11-1)16-5-3-14(4-6-16)17-12-23(21-20-17)18-13-22-9-7-15(18)8-10-22/h1-6,11-12,15,18H,7-10,13H2/t18-/m0/s1. The van der Waals surface area contributed by atoms with Crippen molar-refractivity contribution in [3.63, 3.8) is 0 Å². The maximum absolute atomic E-state index is 4.45. The molecule has 0 saturated carbocycles. The highest BCUT2D eigenvalue weighted by molar-refractivity contribution is 7.13. The van der Waals surface area contributed by atoms with Crippen molar-refractivity contribution in [1.29, 1.82) is 0 Å². The van der Waals surface area contributed by atoms with E-state index in [-0.39, 0.29) is 0 Å². The number of fused-ring (bicyclic) bond motifs is 3. The molecule has 2 aromatic heterocycles. The Morgan fingerprint density at radius 1 is 1.00 bits per heavy atom. The molecule has 0 N–H and O–H groups in total. The molecule has 3 saturated heterocycles. The zero-order valence-corrected chi connectivity index (χ0v) is 14.3. The molecule has 5 heteroatoms. The van der Waals surface area contributed by atoms with Crippen LogP contribution < -0.4 is 0 Å². The average molecular weight is 336 g/mol. The van der Waals surface area contributed by atoms with Gasteiger partial charge in [0.25, 0.3) is 0 Å². The molecule has 2 bridgehead atoms. The highest BCUT2D eigenvalue weighted by Crippen LogP contribution is 2.35. The van der Waals surface area contributed by atoms with Crippen LogP contribution in [0, 0.1) is 5.92 Å². The van der Waals surface area contributed by atoms with E-state index in [0.717, 1.165) is 23.7 Å². The molecule has 0 radical (unpaired) electrons. The molecule has 122 valence electrons. The lowest BCUT2D eigenvalue weighted by molar-refractivity contribution is 0.0504. The fourth-order valence-electron chi connectivity index (χ4n) is 4.05. The molecule has 3 fully saturated rings. The van der Waals surface area contributed by atoms with E-state index < -0.39 is 0 Å². The maximum Gasteiger partial charge on any atom is 0.113 e. The summed E-state index contributed by atoms with van der Waals surface area (Å²) in [6.45, 7) is 3.64. The van der Waals surface area contributed by atoms with Gasteiger partial charge in [0.05, 0.1) is 12.2 Å². The Morgan fingerprint density at radius 2 is 1.79 bits per heavy atom. The number of nitrogens with zero attached hydrogens (tertiary/aromatic N) is 4. The largest absolute Gasteiger partial charge is 0.301 e. The first-order valence-corrected chi connectivity index (χ1v) is 9.53. The van der Waals surface area contributed by atoms with Crippen molar-refractivity contribution in [2.45, 2.75) is 18.9 Å². The zero-order valence-electron chi connectivity index (χ0n) is 13.5. The molecule has 1 atom stereocenters. The van der Waals surface area contributed by atoms with Crippen LogP contribution in [0.5, 0.6) is 0 Å². The number of benzene rings is 1. The van der Waals surface area contributed by atoms with Crippen molar-refractivity contribution in [2.24, 2.45) is 5.92 Å². The minimum absolute atomic E-state index is 0.499. The Bertz CT molecular complexity index is 813. The van der Waals surface area contributed by atoms with E-state index in [4.69, 9.17) is 0 Å². The number of thiophene rings is 1. The Kier molecular flexibility index (Phi) is 3.49. The van der Waals surface area contributed by atoms with Crippen LogP contribution in [0.4, 0.5) is 0 Å². The van der Waals surface area contributed by atoms with Gasteiger partial charge in [-0.25, -0.2) is 4.68 Å². The third-order valence-electron chi connectivity index (χ3n) is 5.46. The van der Waals surface area contributed by atoms with E-state index in [1.165, 1.54) is 36.4 Å². The van der Waals surface area contributed by atoms with E-state index in [9.17, 15) is 0 Å². The summed E-state index contributed by atoms with van der Waals surface area (Å²) >= 11 is 1.77. The summed E-state index contributed by atoms with van der Waals surface area (Å²) in [6.07, 6.45) is 4.73. The summed E-state index contributed by atoms with van der Waals surface area (Å²) in [5.41, 5.74) is 3.38. The predicted molar refractivity (Wildman–Crippen MR) is 97.0 cm³/mol. The van der Waals surface area contributed by atoms with Crippen LogP contribution in [0.2, 0.25) is 0 Å². The van der Waals surface area contributed by atoms with Crippen molar-refractivity contribution >= 4 is 11.3 Å². The second-order valence-electron chi connectivity index (χ2n) is 6.84. The minimum atomic E-state index is 0.499. The number of hydrogen-bond acceptors (Lipinski definition) is 4. The van der Waals surface area contributed by atoms with Crippen LogP contribution >= 0.6 is 11.3 Å². The first kappa shape index (κ1) is 14.4. The minimum Gasteiger partial charge on any atom is -0.301 e. The van der Waals surface area contributed by atoms with Gasteiger partial charge in [0.2, 0.25) is 0 Å². The summed E-state index contributed by atoms with van der Waals surface area (Å²) in [7, 11) is 0. The molecule has 5 heterocycles. The van der Waals surface area contributed by atoms with Crippen molar-refractivity contribution < 1.29 is 0 Å². The molecule has 1 aromatic carbocycles. The SMILES string of the molecule is c1csc(-c2ccc(-c3cn([C@H]4CN5CCC4CC5)nn3)cc2)c1. The molecule has 4 nitrogen and oxygen atoms in total. The fraction of sp³-hybridized carbons (Fsp3) is 0.368. The van der Waals surface area contributed by atoms with E-state index in [2.05, 4.69) is 67.9 Å². The third-order valence-corrected chi connectivity index (χ3v) is 6.38. The van der Waals surface area contributed by atoms with Gasteiger partial charge >= 0.3 is 0 Å². The lowest BCUT2D eigenvalue weighted by Gasteiger charge is -2.44. The van der Waals surface area contributed by atoms with Crippen LogP contribution in [0.25, 0.3) is 21.7 Å². The smallest absolute Gasteiger partial charge is 0.113 e. The second kappa shape index (κ2) is 5.83. The molecule has 3 aliphatic heterocycles. The van der Waals surface area contributed by atoms with Gasteiger partial charge in [0, 0.05) is 17.0 Å². The average Bonchev–Trinajstić information content (AvgIpc) is 3.35. The summed E-state index contributed by atoms with van der Waals surface area (Å²) in [5.74, 6) is 0.769. The summed E-state index contributed by atoms with van der Waals surface area (Å²) in [4.78, 5) is 3.86. The van der Waals surface area contributed by atoms with Crippen molar-refractivity contribution in [2.75, 3.05) is 19.6 Å². The van der Waals surface area contributed by atoms with Crippen molar-refractivity contribution in [3.8, 4) is 21.7 Å². The molecule has 0 aliphatic carbocycles. The maximum atomic E-state index is 4.45. The first-order valence-electron chi connectivity index (χ1n) is 8.65. The number of aromatic nitrogens is 3. The van der Waals surface area contributed by atoms with Crippen LogP contribution in [-0.4, -0.2) is 39.5 Å². The lowest BCUT2D eigenvalue weighted by atomic mass is 9.84. The van der Waals surface area contributed by atoms with Gasteiger partial charge in [0.1, 0.15) is 5.69 Å². The van der Waals surface area contributed by atoms with Gasteiger partial charge in [-0.1, -0.05) is 35.5 Å².